The molecule has 0 heterocycles. The maximum absolute atomic E-state index is 5.76. The van der Waals surface area contributed by atoms with Gasteiger partial charge in [-0.05, 0) is 50.6 Å². The number of hydrogen-bond donors (Lipinski definition) is 1. The van der Waals surface area contributed by atoms with Crippen LogP contribution in [0.2, 0.25) is 0 Å². The maximum Gasteiger partial charge on any atom is 0.119 e. The van der Waals surface area contributed by atoms with Crippen molar-refractivity contribution in [3.05, 3.63) is 28.2 Å². The van der Waals surface area contributed by atoms with Crippen LogP contribution in [0.25, 0.3) is 0 Å². The zero-order valence-electron chi connectivity index (χ0n) is 12.2. The fourth-order valence-corrected chi connectivity index (χ4v) is 2.30. The molecule has 0 amide bonds. The third-order valence-electron chi connectivity index (χ3n) is 2.82. The van der Waals surface area contributed by atoms with Crippen molar-refractivity contribution in [3.63, 3.8) is 0 Å². The van der Waals surface area contributed by atoms with Gasteiger partial charge in [-0.3, -0.25) is 0 Å². The Morgan fingerprint density at radius 3 is 2.63 bits per heavy atom. The molecule has 4 heteroatoms. The van der Waals surface area contributed by atoms with E-state index >= 15 is 0 Å². The molecule has 1 aromatic carbocycles. The second-order valence-corrected chi connectivity index (χ2v) is 5.63. The van der Waals surface area contributed by atoms with Crippen molar-refractivity contribution in [2.75, 3.05) is 20.3 Å². The van der Waals surface area contributed by atoms with Crippen LogP contribution >= 0.6 is 15.9 Å². The minimum Gasteiger partial charge on any atom is -0.497 e. The quantitative estimate of drug-likeness (QED) is 0.784. The third kappa shape index (κ3) is 5.51. The molecule has 0 aliphatic rings. The maximum atomic E-state index is 5.76. The fraction of sp³-hybridized carbons (Fsp3) is 0.600. The van der Waals surface area contributed by atoms with Gasteiger partial charge in [-0.15, -0.1) is 0 Å². The highest BCUT2D eigenvalue weighted by molar-refractivity contribution is 9.10. The molecule has 0 spiro atoms. The summed E-state index contributed by atoms with van der Waals surface area (Å²) in [5.74, 6) is 0.867. The zero-order chi connectivity index (χ0) is 14.3. The van der Waals surface area contributed by atoms with E-state index in [1.807, 2.05) is 12.1 Å². The molecule has 0 bridgehead atoms. The normalized spacial score (nSPS) is 12.7. The average molecular weight is 330 g/mol. The summed E-state index contributed by atoms with van der Waals surface area (Å²) >= 11 is 3.61. The highest BCUT2D eigenvalue weighted by Gasteiger charge is 2.15. The van der Waals surface area contributed by atoms with Crippen molar-refractivity contribution in [1.29, 1.82) is 0 Å². The zero-order valence-corrected chi connectivity index (χ0v) is 13.8. The lowest BCUT2D eigenvalue weighted by molar-refractivity contribution is 0.0609. The lowest BCUT2D eigenvalue weighted by atomic mass is 10.1. The van der Waals surface area contributed by atoms with Gasteiger partial charge in [-0.1, -0.05) is 22.9 Å². The minimum absolute atomic E-state index is 0.173. The third-order valence-corrected chi connectivity index (χ3v) is 3.54. The minimum atomic E-state index is 0.173. The van der Waals surface area contributed by atoms with Crippen LogP contribution in [-0.2, 0) is 4.74 Å². The summed E-state index contributed by atoms with van der Waals surface area (Å²) in [6.07, 6.45) is 1.33. The van der Waals surface area contributed by atoms with E-state index in [1.54, 1.807) is 7.11 Å². The van der Waals surface area contributed by atoms with Gasteiger partial charge in [0.1, 0.15) is 5.75 Å². The number of hydrogen-bond acceptors (Lipinski definition) is 3. The molecular formula is C15H24BrNO2. The van der Waals surface area contributed by atoms with E-state index in [0.29, 0.717) is 6.61 Å². The molecule has 0 aliphatic carbocycles. The van der Waals surface area contributed by atoms with Gasteiger partial charge in [-0.25, -0.2) is 0 Å². The van der Waals surface area contributed by atoms with Gasteiger partial charge < -0.3 is 14.8 Å². The Labute approximate surface area is 124 Å². The van der Waals surface area contributed by atoms with Crippen molar-refractivity contribution < 1.29 is 9.47 Å². The molecule has 0 fully saturated rings. The van der Waals surface area contributed by atoms with Crippen LogP contribution in [-0.4, -0.2) is 26.4 Å². The van der Waals surface area contributed by atoms with Crippen molar-refractivity contribution in [2.24, 2.45) is 0 Å². The van der Waals surface area contributed by atoms with Gasteiger partial charge in [0.25, 0.3) is 0 Å². The van der Waals surface area contributed by atoms with Crippen LogP contribution in [0.5, 0.6) is 5.75 Å². The van der Waals surface area contributed by atoms with E-state index in [9.17, 15) is 0 Å². The van der Waals surface area contributed by atoms with E-state index in [1.165, 1.54) is 5.56 Å². The topological polar surface area (TPSA) is 30.5 Å². The molecule has 0 saturated carbocycles. The summed E-state index contributed by atoms with van der Waals surface area (Å²) in [6, 6.07) is 6.20. The molecule has 1 N–H and O–H groups in total. The Morgan fingerprint density at radius 2 is 2.05 bits per heavy atom. The molecule has 1 aromatic rings. The largest absolute Gasteiger partial charge is 0.497 e. The van der Waals surface area contributed by atoms with E-state index in [-0.39, 0.29) is 12.1 Å². The molecule has 1 atom stereocenters. The number of rotatable bonds is 8. The van der Waals surface area contributed by atoms with Crippen LogP contribution in [0.15, 0.2) is 22.7 Å². The number of ether oxygens (including phenoxy) is 2. The summed E-state index contributed by atoms with van der Waals surface area (Å²) in [5, 5.41) is 3.52. The van der Waals surface area contributed by atoms with Gasteiger partial charge in [0.15, 0.2) is 0 Å². The van der Waals surface area contributed by atoms with Gasteiger partial charge in [0.2, 0.25) is 0 Å². The Kier molecular flexibility index (Phi) is 7.42. The van der Waals surface area contributed by atoms with Gasteiger partial charge in [0, 0.05) is 4.47 Å². The molecule has 0 radical (unpaired) electrons. The lowest BCUT2D eigenvalue weighted by Gasteiger charge is -2.22. The molecule has 1 unspecified atom stereocenters. The smallest absolute Gasteiger partial charge is 0.119 e. The first-order valence-electron chi connectivity index (χ1n) is 6.76. The van der Waals surface area contributed by atoms with Crippen molar-refractivity contribution in [1.82, 2.24) is 5.32 Å². The van der Waals surface area contributed by atoms with E-state index in [4.69, 9.17) is 9.47 Å². The first-order chi connectivity index (χ1) is 9.08. The first-order valence-corrected chi connectivity index (χ1v) is 7.56. The Morgan fingerprint density at radius 1 is 1.32 bits per heavy atom. The number of benzene rings is 1. The van der Waals surface area contributed by atoms with Gasteiger partial charge in [-0.2, -0.15) is 0 Å². The molecule has 0 saturated heterocycles. The lowest BCUT2D eigenvalue weighted by Crippen LogP contribution is -2.27. The van der Waals surface area contributed by atoms with Gasteiger partial charge in [0.05, 0.1) is 25.9 Å². The van der Waals surface area contributed by atoms with Crippen LogP contribution in [0.3, 0.4) is 0 Å². The fourth-order valence-electron chi connectivity index (χ4n) is 1.78. The number of nitrogens with one attached hydrogen (secondary N) is 1. The standard InChI is InChI=1S/C15H24BrNO2/c1-5-8-17-15(10-19-11(2)3)13-9-12(18-4)6-7-14(13)16/h6-7,9,11,15,17H,5,8,10H2,1-4H3. The molecule has 0 aliphatic heterocycles. The van der Waals surface area contributed by atoms with E-state index < -0.39 is 0 Å². The van der Waals surface area contributed by atoms with Crippen LogP contribution < -0.4 is 10.1 Å². The SMILES string of the molecule is CCCNC(COC(C)C)c1cc(OC)ccc1Br. The molecule has 1 rings (SSSR count). The highest BCUT2D eigenvalue weighted by atomic mass is 79.9. The van der Waals surface area contributed by atoms with Crippen LogP contribution in [0.1, 0.15) is 38.8 Å². The van der Waals surface area contributed by atoms with E-state index in [2.05, 4.69) is 48.1 Å². The van der Waals surface area contributed by atoms with Crippen molar-refractivity contribution in [2.45, 2.75) is 39.3 Å². The predicted molar refractivity (Wildman–Crippen MR) is 82.8 cm³/mol. The summed E-state index contributed by atoms with van der Waals surface area (Å²) in [7, 11) is 1.69. The second kappa shape index (κ2) is 8.56. The Balaban J connectivity index is 2.87. The number of halogens is 1. The molecule has 3 nitrogen and oxygen atoms in total. The van der Waals surface area contributed by atoms with Crippen LogP contribution in [0, 0.1) is 0 Å². The highest BCUT2D eigenvalue weighted by Crippen LogP contribution is 2.28. The Hall–Kier alpha value is -0.580. The molecule has 19 heavy (non-hydrogen) atoms. The van der Waals surface area contributed by atoms with Crippen LogP contribution in [0.4, 0.5) is 0 Å². The summed E-state index contributed by atoms with van der Waals surface area (Å²) in [6.45, 7) is 7.89. The number of methoxy groups -OCH3 is 1. The predicted octanol–water partition coefficient (Wildman–Crippen LogP) is 3.92. The van der Waals surface area contributed by atoms with Gasteiger partial charge >= 0.3 is 0 Å². The average Bonchev–Trinajstić information content (AvgIpc) is 2.40. The van der Waals surface area contributed by atoms with Crippen molar-refractivity contribution in [3.8, 4) is 5.75 Å². The van der Waals surface area contributed by atoms with Crippen molar-refractivity contribution >= 4 is 15.9 Å². The molecule has 0 aromatic heterocycles. The monoisotopic (exact) mass is 329 g/mol. The summed E-state index contributed by atoms with van der Waals surface area (Å²) in [4.78, 5) is 0. The second-order valence-electron chi connectivity index (χ2n) is 4.78. The summed E-state index contributed by atoms with van der Waals surface area (Å²) in [5.41, 5.74) is 1.17. The Bertz CT molecular complexity index is 382. The molecular weight excluding hydrogens is 306 g/mol. The molecule has 108 valence electrons. The first kappa shape index (κ1) is 16.5. The summed E-state index contributed by atoms with van der Waals surface area (Å²) < 4.78 is 12.1. The van der Waals surface area contributed by atoms with E-state index in [0.717, 1.165) is 23.2 Å².